The smallest absolute Gasteiger partial charge is 0.168 e. The monoisotopic (exact) mass is 316 g/mol. The van der Waals surface area contributed by atoms with Gasteiger partial charge in [-0.2, -0.15) is 0 Å². The molecule has 2 aromatic carbocycles. The molecule has 0 unspecified atom stereocenters. The number of ketones is 1. The summed E-state index contributed by atoms with van der Waals surface area (Å²) in [6, 6.07) is 8.57. The predicted octanol–water partition coefficient (Wildman–Crippen LogP) is 5.21. The van der Waals surface area contributed by atoms with Crippen LogP contribution in [0.1, 0.15) is 15.9 Å². The van der Waals surface area contributed by atoms with Crippen LogP contribution in [0.15, 0.2) is 36.4 Å². The number of carbonyl (C=O) groups is 1. The SMILES string of the molecule is O=C(Cc1ccc(F)cc1Cl)c1ccc(Cl)cc1Cl. The molecule has 0 saturated carbocycles. The molecule has 2 aromatic rings. The maximum atomic E-state index is 12.9. The number of rotatable bonds is 3. The Morgan fingerprint density at radius 2 is 1.74 bits per heavy atom. The second kappa shape index (κ2) is 5.91. The molecule has 0 atom stereocenters. The Bertz CT molecular complexity index is 641. The van der Waals surface area contributed by atoms with E-state index < -0.39 is 5.82 Å². The van der Waals surface area contributed by atoms with Crippen molar-refractivity contribution in [3.05, 3.63) is 68.4 Å². The van der Waals surface area contributed by atoms with Crippen molar-refractivity contribution in [3.63, 3.8) is 0 Å². The molecule has 0 aliphatic heterocycles. The second-order valence-corrected chi connectivity index (χ2v) is 5.21. The fourth-order valence-corrected chi connectivity index (χ4v) is 2.40. The molecule has 0 bridgehead atoms. The van der Waals surface area contributed by atoms with Crippen molar-refractivity contribution in [2.45, 2.75) is 6.42 Å². The van der Waals surface area contributed by atoms with Crippen molar-refractivity contribution >= 4 is 40.6 Å². The van der Waals surface area contributed by atoms with Gasteiger partial charge in [-0.05, 0) is 35.9 Å². The highest BCUT2D eigenvalue weighted by atomic mass is 35.5. The first-order valence-corrected chi connectivity index (χ1v) is 6.53. The topological polar surface area (TPSA) is 17.1 Å². The van der Waals surface area contributed by atoms with E-state index in [1.54, 1.807) is 12.1 Å². The molecule has 0 saturated heterocycles. The lowest BCUT2D eigenvalue weighted by atomic mass is 10.0. The van der Waals surface area contributed by atoms with Crippen LogP contribution < -0.4 is 0 Å². The Hall–Kier alpha value is -1.09. The molecular formula is C14H8Cl3FO. The zero-order valence-electron chi connectivity index (χ0n) is 9.59. The maximum absolute atomic E-state index is 12.9. The number of hydrogen-bond donors (Lipinski definition) is 0. The molecule has 19 heavy (non-hydrogen) atoms. The minimum absolute atomic E-state index is 0.0560. The fourth-order valence-electron chi connectivity index (χ4n) is 1.65. The van der Waals surface area contributed by atoms with Gasteiger partial charge in [0.25, 0.3) is 0 Å². The quantitative estimate of drug-likeness (QED) is 0.710. The van der Waals surface area contributed by atoms with Crippen LogP contribution in [0, 0.1) is 5.82 Å². The van der Waals surface area contributed by atoms with Gasteiger partial charge >= 0.3 is 0 Å². The van der Waals surface area contributed by atoms with E-state index in [-0.39, 0.29) is 22.2 Å². The van der Waals surface area contributed by atoms with Gasteiger partial charge in [0.1, 0.15) is 5.82 Å². The second-order valence-electron chi connectivity index (χ2n) is 3.96. The summed E-state index contributed by atoms with van der Waals surface area (Å²) in [6.07, 6.45) is 0.0560. The van der Waals surface area contributed by atoms with Crippen molar-refractivity contribution < 1.29 is 9.18 Å². The first-order chi connectivity index (χ1) is 8.97. The summed E-state index contributed by atoms with van der Waals surface area (Å²) in [5.74, 6) is -0.638. The molecule has 5 heteroatoms. The molecule has 2 rings (SSSR count). The highest BCUT2D eigenvalue weighted by Crippen LogP contribution is 2.24. The predicted molar refractivity (Wildman–Crippen MR) is 75.9 cm³/mol. The Kier molecular flexibility index (Phi) is 4.46. The fraction of sp³-hybridized carbons (Fsp3) is 0.0714. The van der Waals surface area contributed by atoms with Crippen LogP contribution in [0.3, 0.4) is 0 Å². The lowest BCUT2D eigenvalue weighted by Crippen LogP contribution is -2.05. The Balaban J connectivity index is 2.25. The van der Waals surface area contributed by atoms with E-state index in [4.69, 9.17) is 34.8 Å². The summed E-state index contributed by atoms with van der Waals surface area (Å²) in [5.41, 5.74) is 0.922. The van der Waals surface area contributed by atoms with Crippen molar-refractivity contribution in [2.75, 3.05) is 0 Å². The zero-order valence-corrected chi connectivity index (χ0v) is 11.9. The molecule has 98 valence electrons. The molecule has 0 aliphatic carbocycles. The van der Waals surface area contributed by atoms with Crippen LogP contribution in [-0.2, 0) is 6.42 Å². The van der Waals surface area contributed by atoms with Crippen LogP contribution in [0.4, 0.5) is 4.39 Å². The van der Waals surface area contributed by atoms with E-state index in [1.165, 1.54) is 24.3 Å². The first kappa shape index (κ1) is 14.3. The van der Waals surface area contributed by atoms with Crippen LogP contribution in [0.25, 0.3) is 0 Å². The highest BCUT2D eigenvalue weighted by molar-refractivity contribution is 6.37. The Labute approximate surface area is 124 Å². The number of hydrogen-bond acceptors (Lipinski definition) is 1. The third kappa shape index (κ3) is 3.47. The van der Waals surface area contributed by atoms with E-state index in [0.29, 0.717) is 16.1 Å². The molecule has 0 heterocycles. The summed E-state index contributed by atoms with van der Waals surface area (Å²) >= 11 is 17.6. The third-order valence-corrected chi connectivity index (χ3v) is 3.50. The molecule has 0 N–H and O–H groups in total. The first-order valence-electron chi connectivity index (χ1n) is 5.39. The number of Topliss-reactive ketones (excluding diaryl/α,β-unsaturated/α-hetero) is 1. The minimum Gasteiger partial charge on any atom is -0.294 e. The normalized spacial score (nSPS) is 10.5. The van der Waals surface area contributed by atoms with Crippen LogP contribution in [0.5, 0.6) is 0 Å². The number of carbonyl (C=O) groups excluding carboxylic acids is 1. The van der Waals surface area contributed by atoms with Gasteiger partial charge in [-0.25, -0.2) is 4.39 Å². The van der Waals surface area contributed by atoms with Gasteiger partial charge in [0.05, 0.1) is 5.02 Å². The average molecular weight is 318 g/mol. The maximum Gasteiger partial charge on any atom is 0.168 e. The number of benzene rings is 2. The lowest BCUT2D eigenvalue weighted by molar-refractivity contribution is 0.0993. The molecule has 0 amide bonds. The van der Waals surface area contributed by atoms with Gasteiger partial charge in [-0.3, -0.25) is 4.79 Å². The highest BCUT2D eigenvalue weighted by Gasteiger charge is 2.13. The average Bonchev–Trinajstić information content (AvgIpc) is 2.32. The van der Waals surface area contributed by atoms with Crippen molar-refractivity contribution in [1.29, 1.82) is 0 Å². The van der Waals surface area contributed by atoms with Gasteiger partial charge in [-0.15, -0.1) is 0 Å². The Morgan fingerprint density at radius 3 is 2.37 bits per heavy atom. The summed E-state index contributed by atoms with van der Waals surface area (Å²) in [6.45, 7) is 0. The van der Waals surface area contributed by atoms with E-state index in [1.807, 2.05) is 0 Å². The van der Waals surface area contributed by atoms with Gasteiger partial charge in [0, 0.05) is 22.0 Å². The van der Waals surface area contributed by atoms with Crippen molar-refractivity contribution in [2.24, 2.45) is 0 Å². The molecule has 1 nitrogen and oxygen atoms in total. The van der Waals surface area contributed by atoms with Crippen molar-refractivity contribution in [1.82, 2.24) is 0 Å². The van der Waals surface area contributed by atoms with E-state index in [9.17, 15) is 9.18 Å². The molecule has 0 aliphatic rings. The molecule has 0 spiro atoms. The van der Waals surface area contributed by atoms with E-state index in [2.05, 4.69) is 0 Å². The summed E-state index contributed by atoms with van der Waals surface area (Å²) in [4.78, 5) is 12.1. The molecule has 0 fully saturated rings. The molecular weight excluding hydrogens is 310 g/mol. The third-order valence-electron chi connectivity index (χ3n) is 2.60. The lowest BCUT2D eigenvalue weighted by Gasteiger charge is -2.06. The minimum atomic E-state index is -0.439. The summed E-state index contributed by atoms with van der Waals surface area (Å²) in [5, 5.41) is 0.968. The van der Waals surface area contributed by atoms with Gasteiger partial charge in [0.15, 0.2) is 5.78 Å². The van der Waals surface area contributed by atoms with Gasteiger partial charge in [0.2, 0.25) is 0 Å². The number of halogens is 4. The van der Waals surface area contributed by atoms with Gasteiger partial charge < -0.3 is 0 Å². The van der Waals surface area contributed by atoms with E-state index in [0.717, 1.165) is 0 Å². The standard InChI is InChI=1S/C14H8Cl3FO/c15-9-2-4-11(13(17)6-9)14(19)5-8-1-3-10(18)7-12(8)16/h1-4,6-7H,5H2. The van der Waals surface area contributed by atoms with Crippen LogP contribution in [-0.4, -0.2) is 5.78 Å². The van der Waals surface area contributed by atoms with Crippen LogP contribution >= 0.6 is 34.8 Å². The Morgan fingerprint density at radius 1 is 1.00 bits per heavy atom. The molecule has 0 radical (unpaired) electrons. The zero-order chi connectivity index (χ0) is 14.0. The van der Waals surface area contributed by atoms with Gasteiger partial charge in [-0.1, -0.05) is 40.9 Å². The van der Waals surface area contributed by atoms with Crippen LogP contribution in [0.2, 0.25) is 15.1 Å². The van der Waals surface area contributed by atoms with Crippen molar-refractivity contribution in [3.8, 4) is 0 Å². The largest absolute Gasteiger partial charge is 0.294 e. The summed E-state index contributed by atoms with van der Waals surface area (Å²) < 4.78 is 12.9. The van der Waals surface area contributed by atoms with E-state index >= 15 is 0 Å². The summed E-state index contributed by atoms with van der Waals surface area (Å²) in [7, 11) is 0. The molecule has 0 aromatic heterocycles.